The summed E-state index contributed by atoms with van der Waals surface area (Å²) >= 11 is 0. The Labute approximate surface area is 67.2 Å². The predicted octanol–water partition coefficient (Wildman–Crippen LogP) is 0.925. The summed E-state index contributed by atoms with van der Waals surface area (Å²) in [5.41, 5.74) is 0.805. The van der Waals surface area contributed by atoms with Crippen molar-refractivity contribution in [2.24, 2.45) is 4.99 Å². The second-order valence-corrected chi connectivity index (χ2v) is 2.17. The molecule has 0 amide bonds. The highest BCUT2D eigenvalue weighted by Gasteiger charge is 2.00. The first-order chi connectivity index (χ1) is 5.92. The fourth-order valence-electron chi connectivity index (χ4n) is 0.986. The lowest BCUT2D eigenvalue weighted by Gasteiger charge is -1.89. The zero-order chi connectivity index (χ0) is 8.39. The fourth-order valence-corrected chi connectivity index (χ4v) is 0.986. The molecule has 0 fully saturated rings. The molecular weight excluding hydrogens is 156 g/mol. The number of fused-ring (bicyclic) bond motifs is 1. The number of isocyanates is 1. The summed E-state index contributed by atoms with van der Waals surface area (Å²) in [6.45, 7) is 0. The van der Waals surface area contributed by atoms with E-state index in [0.29, 0.717) is 5.82 Å². The molecule has 0 bridgehead atoms. The lowest BCUT2D eigenvalue weighted by molar-refractivity contribution is 0.565. The van der Waals surface area contributed by atoms with Crippen LogP contribution < -0.4 is 0 Å². The molecule has 0 atom stereocenters. The molecule has 2 aromatic heterocycles. The van der Waals surface area contributed by atoms with Gasteiger partial charge in [-0.3, -0.25) is 5.10 Å². The first-order valence-electron chi connectivity index (χ1n) is 3.28. The van der Waals surface area contributed by atoms with Crippen molar-refractivity contribution in [2.75, 3.05) is 0 Å². The minimum atomic E-state index is 0.344. The summed E-state index contributed by atoms with van der Waals surface area (Å²) < 4.78 is 0. The van der Waals surface area contributed by atoms with Crippen molar-refractivity contribution in [1.82, 2.24) is 15.2 Å². The number of hydrogen-bond acceptors (Lipinski definition) is 4. The smallest absolute Gasteiger partial charge is 0.242 e. The molecule has 2 rings (SSSR count). The first kappa shape index (κ1) is 6.69. The van der Waals surface area contributed by atoms with Gasteiger partial charge in [0.25, 0.3) is 0 Å². The number of aromatic amines is 1. The van der Waals surface area contributed by atoms with Gasteiger partial charge in [0, 0.05) is 6.20 Å². The van der Waals surface area contributed by atoms with Crippen LogP contribution in [0.15, 0.2) is 23.5 Å². The molecule has 0 aliphatic rings. The largest absolute Gasteiger partial charge is 0.278 e. The van der Waals surface area contributed by atoms with Gasteiger partial charge in [-0.1, -0.05) is 0 Å². The molecule has 0 unspecified atom stereocenters. The van der Waals surface area contributed by atoms with Gasteiger partial charge < -0.3 is 0 Å². The van der Waals surface area contributed by atoms with Crippen LogP contribution in [-0.2, 0) is 4.79 Å². The van der Waals surface area contributed by atoms with Crippen LogP contribution in [0.2, 0.25) is 0 Å². The van der Waals surface area contributed by atoms with Crippen molar-refractivity contribution in [1.29, 1.82) is 0 Å². The van der Waals surface area contributed by atoms with E-state index in [0.717, 1.165) is 10.9 Å². The Hall–Kier alpha value is -2.00. The number of aliphatic imine (C=N–C) groups is 1. The maximum atomic E-state index is 9.98. The van der Waals surface area contributed by atoms with Gasteiger partial charge in [-0.05, 0) is 6.07 Å². The lowest BCUT2D eigenvalue weighted by atomic mass is 10.3. The summed E-state index contributed by atoms with van der Waals surface area (Å²) in [5, 5.41) is 7.25. The van der Waals surface area contributed by atoms with Crippen molar-refractivity contribution in [3.8, 4) is 0 Å². The average molecular weight is 160 g/mol. The summed E-state index contributed by atoms with van der Waals surface area (Å²) in [6.07, 6.45) is 4.56. The number of nitrogens with zero attached hydrogens (tertiary/aromatic N) is 3. The Kier molecular flexibility index (Phi) is 1.43. The van der Waals surface area contributed by atoms with E-state index in [2.05, 4.69) is 20.2 Å². The third-order valence-corrected chi connectivity index (χ3v) is 1.50. The Morgan fingerprint density at radius 1 is 1.58 bits per heavy atom. The second kappa shape index (κ2) is 2.56. The van der Waals surface area contributed by atoms with Gasteiger partial charge in [0.2, 0.25) is 6.08 Å². The van der Waals surface area contributed by atoms with Crippen molar-refractivity contribution in [3.05, 3.63) is 18.5 Å². The van der Waals surface area contributed by atoms with Crippen LogP contribution in [-0.4, -0.2) is 21.3 Å². The Bertz CT molecular complexity index is 455. The molecular formula is C7H4N4O. The van der Waals surface area contributed by atoms with Crippen LogP contribution in [0.25, 0.3) is 10.9 Å². The van der Waals surface area contributed by atoms with Crippen LogP contribution in [0.3, 0.4) is 0 Å². The lowest BCUT2D eigenvalue weighted by Crippen LogP contribution is -1.74. The van der Waals surface area contributed by atoms with Crippen LogP contribution in [0.1, 0.15) is 0 Å². The summed E-state index contributed by atoms with van der Waals surface area (Å²) in [6, 6.07) is 1.76. The van der Waals surface area contributed by atoms with Crippen LogP contribution in [0.4, 0.5) is 5.82 Å². The van der Waals surface area contributed by atoms with Gasteiger partial charge >= 0.3 is 0 Å². The van der Waals surface area contributed by atoms with E-state index >= 15 is 0 Å². The number of nitrogens with one attached hydrogen (secondary N) is 1. The molecule has 12 heavy (non-hydrogen) atoms. The SMILES string of the molecule is O=C=Nc1nccc2[nH]ncc12. The van der Waals surface area contributed by atoms with E-state index in [4.69, 9.17) is 0 Å². The number of carbonyl (C=O) groups excluding carboxylic acids is 1. The molecule has 5 heteroatoms. The second-order valence-electron chi connectivity index (χ2n) is 2.17. The molecule has 2 aromatic rings. The van der Waals surface area contributed by atoms with Crippen molar-refractivity contribution in [2.45, 2.75) is 0 Å². The molecule has 2 heterocycles. The molecule has 0 saturated heterocycles. The summed E-state index contributed by atoms with van der Waals surface area (Å²) in [5.74, 6) is 0.344. The number of hydrogen-bond donors (Lipinski definition) is 1. The number of H-pyrrole nitrogens is 1. The minimum Gasteiger partial charge on any atom is -0.278 e. The quantitative estimate of drug-likeness (QED) is 0.498. The monoisotopic (exact) mass is 160 g/mol. The Morgan fingerprint density at radius 3 is 3.33 bits per heavy atom. The van der Waals surface area contributed by atoms with Gasteiger partial charge in [0.1, 0.15) is 0 Å². The van der Waals surface area contributed by atoms with E-state index in [1.165, 1.54) is 6.08 Å². The third kappa shape index (κ3) is 0.889. The molecule has 0 saturated carbocycles. The highest BCUT2D eigenvalue weighted by molar-refractivity contribution is 5.87. The fraction of sp³-hybridized carbons (Fsp3) is 0. The van der Waals surface area contributed by atoms with Crippen molar-refractivity contribution < 1.29 is 4.79 Å². The van der Waals surface area contributed by atoms with Gasteiger partial charge in [0.05, 0.1) is 17.1 Å². The van der Waals surface area contributed by atoms with E-state index in [1.807, 2.05) is 0 Å². The van der Waals surface area contributed by atoms with Crippen LogP contribution in [0, 0.1) is 0 Å². The van der Waals surface area contributed by atoms with Gasteiger partial charge in [-0.15, -0.1) is 4.99 Å². The highest BCUT2D eigenvalue weighted by atomic mass is 16.1. The summed E-state index contributed by atoms with van der Waals surface area (Å²) in [4.78, 5) is 17.3. The number of aromatic nitrogens is 3. The zero-order valence-corrected chi connectivity index (χ0v) is 5.98. The number of rotatable bonds is 1. The predicted molar refractivity (Wildman–Crippen MR) is 41.7 cm³/mol. The number of pyridine rings is 1. The van der Waals surface area contributed by atoms with Gasteiger partial charge in [-0.2, -0.15) is 5.10 Å². The topological polar surface area (TPSA) is 71.0 Å². The Balaban J connectivity index is 2.81. The van der Waals surface area contributed by atoms with Crippen molar-refractivity contribution >= 4 is 22.8 Å². The van der Waals surface area contributed by atoms with Gasteiger partial charge in [0.15, 0.2) is 5.82 Å². The Morgan fingerprint density at radius 2 is 2.50 bits per heavy atom. The van der Waals surface area contributed by atoms with Crippen LogP contribution >= 0.6 is 0 Å². The average Bonchev–Trinajstić information content (AvgIpc) is 2.53. The standard InChI is InChI=1S/C7H4N4O/c12-4-9-7-5-3-10-11-6(5)1-2-8-7/h1-3H,(H,10,11). The molecule has 0 aromatic carbocycles. The normalized spacial score (nSPS) is 9.67. The minimum absolute atomic E-state index is 0.344. The maximum absolute atomic E-state index is 9.98. The molecule has 1 N–H and O–H groups in total. The maximum Gasteiger partial charge on any atom is 0.242 e. The van der Waals surface area contributed by atoms with Crippen LogP contribution in [0.5, 0.6) is 0 Å². The third-order valence-electron chi connectivity index (χ3n) is 1.50. The van der Waals surface area contributed by atoms with E-state index in [1.54, 1.807) is 18.5 Å². The first-order valence-corrected chi connectivity index (χ1v) is 3.28. The molecule has 0 aliphatic carbocycles. The van der Waals surface area contributed by atoms with E-state index in [9.17, 15) is 4.79 Å². The zero-order valence-electron chi connectivity index (χ0n) is 5.98. The molecule has 0 radical (unpaired) electrons. The highest BCUT2D eigenvalue weighted by Crippen LogP contribution is 2.19. The molecule has 0 aliphatic heterocycles. The van der Waals surface area contributed by atoms with Crippen molar-refractivity contribution in [3.63, 3.8) is 0 Å². The molecule has 5 nitrogen and oxygen atoms in total. The van der Waals surface area contributed by atoms with E-state index in [-0.39, 0.29) is 0 Å². The summed E-state index contributed by atoms with van der Waals surface area (Å²) in [7, 11) is 0. The molecule has 0 spiro atoms. The molecule has 58 valence electrons. The van der Waals surface area contributed by atoms with Gasteiger partial charge in [-0.25, -0.2) is 9.78 Å². The van der Waals surface area contributed by atoms with E-state index < -0.39 is 0 Å².